The lowest BCUT2D eigenvalue weighted by Crippen LogP contribution is -2.25. The van der Waals surface area contributed by atoms with Crippen molar-refractivity contribution in [2.75, 3.05) is 0 Å². The van der Waals surface area contributed by atoms with E-state index in [-0.39, 0.29) is 22.8 Å². The molecule has 0 radical (unpaired) electrons. The molecule has 0 aliphatic carbocycles. The van der Waals surface area contributed by atoms with Crippen LogP contribution in [0.2, 0.25) is 0 Å². The van der Waals surface area contributed by atoms with E-state index in [1.165, 1.54) is 0 Å². The molecule has 3 rings (SSSR count). The number of aryl methyl sites for hydroxylation is 1. The standard InChI is InChI=1S/C19H20N4O3/c1-11-15(10-16(20)12(2)24)18-17(22(11)3)5-4-14(19(18)23(25)26)13-6-8-21-9-7-13/h4-9,16,24H,2,10,20H2,1,3H3. The number of aromatic nitrogens is 2. The van der Waals surface area contributed by atoms with E-state index in [2.05, 4.69) is 11.6 Å². The summed E-state index contributed by atoms with van der Waals surface area (Å²) in [5.74, 6) is -0.144. The van der Waals surface area contributed by atoms with E-state index in [4.69, 9.17) is 5.73 Å². The molecule has 0 saturated heterocycles. The summed E-state index contributed by atoms with van der Waals surface area (Å²) in [7, 11) is 1.86. The Kier molecular flexibility index (Phi) is 4.48. The van der Waals surface area contributed by atoms with Crippen LogP contribution in [0.1, 0.15) is 11.3 Å². The predicted molar refractivity (Wildman–Crippen MR) is 101 cm³/mol. The molecule has 1 aromatic carbocycles. The van der Waals surface area contributed by atoms with Crippen molar-refractivity contribution in [1.29, 1.82) is 0 Å². The molecule has 0 aliphatic heterocycles. The topological polar surface area (TPSA) is 107 Å². The van der Waals surface area contributed by atoms with Crippen LogP contribution in [-0.4, -0.2) is 25.6 Å². The lowest BCUT2D eigenvalue weighted by Gasteiger charge is -2.11. The molecule has 0 aliphatic rings. The summed E-state index contributed by atoms with van der Waals surface area (Å²) < 4.78 is 1.90. The highest BCUT2D eigenvalue weighted by Crippen LogP contribution is 2.40. The van der Waals surface area contributed by atoms with Crippen LogP contribution in [0.4, 0.5) is 5.69 Å². The van der Waals surface area contributed by atoms with Crippen LogP contribution in [0.15, 0.2) is 49.0 Å². The minimum atomic E-state index is -0.691. The van der Waals surface area contributed by atoms with Crippen LogP contribution < -0.4 is 5.73 Å². The van der Waals surface area contributed by atoms with Crippen molar-refractivity contribution < 1.29 is 10.0 Å². The highest BCUT2D eigenvalue weighted by atomic mass is 16.6. The third-order valence-electron chi connectivity index (χ3n) is 4.78. The molecule has 134 valence electrons. The van der Waals surface area contributed by atoms with Gasteiger partial charge in [-0.25, -0.2) is 0 Å². The van der Waals surface area contributed by atoms with Crippen LogP contribution in [-0.2, 0) is 13.5 Å². The van der Waals surface area contributed by atoms with Gasteiger partial charge < -0.3 is 15.4 Å². The second-order valence-corrected chi connectivity index (χ2v) is 6.27. The summed E-state index contributed by atoms with van der Waals surface area (Å²) in [5, 5.41) is 22.1. The van der Waals surface area contributed by atoms with E-state index in [0.29, 0.717) is 10.9 Å². The zero-order chi connectivity index (χ0) is 19.0. The minimum Gasteiger partial charge on any atom is -0.511 e. The number of hydrogen-bond donors (Lipinski definition) is 2. The Labute approximate surface area is 150 Å². The largest absolute Gasteiger partial charge is 0.511 e. The first-order valence-corrected chi connectivity index (χ1v) is 8.12. The van der Waals surface area contributed by atoms with E-state index in [0.717, 1.165) is 22.3 Å². The zero-order valence-corrected chi connectivity index (χ0v) is 14.6. The summed E-state index contributed by atoms with van der Waals surface area (Å²) in [6.45, 7) is 5.36. The third-order valence-corrected chi connectivity index (χ3v) is 4.78. The van der Waals surface area contributed by atoms with Crippen molar-refractivity contribution in [2.24, 2.45) is 12.8 Å². The van der Waals surface area contributed by atoms with Crippen molar-refractivity contribution in [1.82, 2.24) is 9.55 Å². The molecule has 0 saturated carbocycles. The maximum absolute atomic E-state index is 12.0. The van der Waals surface area contributed by atoms with Gasteiger partial charge in [0.2, 0.25) is 0 Å². The van der Waals surface area contributed by atoms with E-state index in [1.807, 2.05) is 24.6 Å². The quantitative estimate of drug-likeness (QED) is 0.416. The summed E-state index contributed by atoms with van der Waals surface area (Å²) in [6.07, 6.45) is 3.47. The number of aliphatic hydroxyl groups is 1. The van der Waals surface area contributed by atoms with Crippen LogP contribution in [0, 0.1) is 17.0 Å². The van der Waals surface area contributed by atoms with Crippen molar-refractivity contribution in [3.8, 4) is 11.1 Å². The fourth-order valence-electron chi connectivity index (χ4n) is 3.26. The SMILES string of the molecule is C=C(O)C(N)Cc1c(C)n(C)c2ccc(-c3ccncc3)c([N+](=O)[O-])c12. The first kappa shape index (κ1) is 17.6. The molecule has 2 heterocycles. The van der Waals surface area contributed by atoms with Gasteiger partial charge in [-0.3, -0.25) is 15.1 Å². The molecule has 26 heavy (non-hydrogen) atoms. The Bertz CT molecular complexity index is 1010. The first-order valence-electron chi connectivity index (χ1n) is 8.12. The van der Waals surface area contributed by atoms with Crippen LogP contribution in [0.5, 0.6) is 0 Å². The molecular formula is C19H20N4O3. The van der Waals surface area contributed by atoms with Crippen molar-refractivity contribution in [3.63, 3.8) is 0 Å². The molecule has 7 nitrogen and oxygen atoms in total. The second kappa shape index (κ2) is 6.61. The molecule has 3 aromatic rings. The van der Waals surface area contributed by atoms with Gasteiger partial charge in [0.1, 0.15) is 5.76 Å². The van der Waals surface area contributed by atoms with Crippen molar-refractivity contribution >= 4 is 16.6 Å². The zero-order valence-electron chi connectivity index (χ0n) is 14.6. The van der Waals surface area contributed by atoms with Gasteiger partial charge in [-0.15, -0.1) is 0 Å². The van der Waals surface area contributed by atoms with Gasteiger partial charge in [0.15, 0.2) is 0 Å². The molecule has 2 aromatic heterocycles. The smallest absolute Gasteiger partial charge is 0.286 e. The van der Waals surface area contributed by atoms with Gasteiger partial charge in [-0.05, 0) is 48.7 Å². The molecule has 1 unspecified atom stereocenters. The molecule has 1 atom stereocenters. The van der Waals surface area contributed by atoms with Gasteiger partial charge in [-0.1, -0.05) is 6.58 Å². The predicted octanol–water partition coefficient (Wildman–Crippen LogP) is 3.40. The average Bonchev–Trinajstić information content (AvgIpc) is 2.86. The minimum absolute atomic E-state index is 0.0307. The molecule has 0 fully saturated rings. The number of nitro benzene ring substituents is 1. The highest BCUT2D eigenvalue weighted by molar-refractivity contribution is 6.00. The Morgan fingerprint density at radius 2 is 2.04 bits per heavy atom. The van der Waals surface area contributed by atoms with Gasteiger partial charge in [0, 0.05) is 25.1 Å². The second-order valence-electron chi connectivity index (χ2n) is 6.27. The summed E-state index contributed by atoms with van der Waals surface area (Å²) in [6, 6.07) is 6.41. The average molecular weight is 352 g/mol. The van der Waals surface area contributed by atoms with Gasteiger partial charge in [0.25, 0.3) is 5.69 Å². The van der Waals surface area contributed by atoms with E-state index in [9.17, 15) is 15.2 Å². The fourth-order valence-corrected chi connectivity index (χ4v) is 3.26. The Morgan fingerprint density at radius 1 is 1.38 bits per heavy atom. The molecule has 0 amide bonds. The Hall–Kier alpha value is -3.19. The number of nitrogens with two attached hydrogens (primary N) is 1. The normalized spacial score (nSPS) is 12.3. The third kappa shape index (κ3) is 2.82. The number of rotatable bonds is 5. The fraction of sp³-hybridized carbons (Fsp3) is 0.211. The summed E-state index contributed by atoms with van der Waals surface area (Å²) in [4.78, 5) is 15.6. The lowest BCUT2D eigenvalue weighted by molar-refractivity contribution is -0.382. The molecule has 3 N–H and O–H groups in total. The summed E-state index contributed by atoms with van der Waals surface area (Å²) >= 11 is 0. The molecular weight excluding hydrogens is 332 g/mol. The van der Waals surface area contributed by atoms with E-state index < -0.39 is 6.04 Å². The number of nitro groups is 1. The molecule has 7 heteroatoms. The maximum atomic E-state index is 12.0. The van der Waals surface area contributed by atoms with Gasteiger partial charge in [0.05, 0.1) is 27.4 Å². The number of nitrogens with zero attached hydrogens (tertiary/aromatic N) is 3. The monoisotopic (exact) mass is 352 g/mol. The van der Waals surface area contributed by atoms with Crippen LogP contribution >= 0.6 is 0 Å². The Morgan fingerprint density at radius 3 is 2.62 bits per heavy atom. The maximum Gasteiger partial charge on any atom is 0.286 e. The molecule has 0 spiro atoms. The number of hydrogen-bond acceptors (Lipinski definition) is 5. The van der Waals surface area contributed by atoms with Gasteiger partial charge in [-0.2, -0.15) is 0 Å². The van der Waals surface area contributed by atoms with Crippen molar-refractivity contribution in [2.45, 2.75) is 19.4 Å². The number of benzene rings is 1. The Balaban J connectivity index is 2.36. The van der Waals surface area contributed by atoms with E-state index >= 15 is 0 Å². The number of aliphatic hydroxyl groups excluding tert-OH is 1. The van der Waals surface area contributed by atoms with Gasteiger partial charge >= 0.3 is 0 Å². The lowest BCUT2D eigenvalue weighted by atomic mass is 9.96. The van der Waals surface area contributed by atoms with Crippen LogP contribution in [0.25, 0.3) is 22.0 Å². The van der Waals surface area contributed by atoms with Crippen molar-refractivity contribution in [3.05, 3.63) is 70.4 Å². The van der Waals surface area contributed by atoms with E-state index in [1.54, 1.807) is 30.6 Å². The first-order chi connectivity index (χ1) is 12.3. The number of pyridine rings is 1. The molecule has 0 bridgehead atoms. The van der Waals surface area contributed by atoms with Crippen LogP contribution in [0.3, 0.4) is 0 Å². The number of fused-ring (bicyclic) bond motifs is 1. The highest BCUT2D eigenvalue weighted by Gasteiger charge is 2.27. The summed E-state index contributed by atoms with van der Waals surface area (Å²) in [5.41, 5.74) is 9.59.